The van der Waals surface area contributed by atoms with Crippen LogP contribution < -0.4 is 10.6 Å². The maximum atomic E-state index is 13.0. The molecule has 5 rings (SSSR count). The topological polar surface area (TPSA) is 41.1 Å². The lowest BCUT2D eigenvalue weighted by molar-refractivity contribution is -0.137. The van der Waals surface area contributed by atoms with E-state index < -0.39 is 17.6 Å². The molecule has 2 bridgehead atoms. The molecule has 8 heteroatoms. The van der Waals surface area contributed by atoms with Gasteiger partial charge < -0.3 is 10.6 Å². The molecule has 3 fully saturated rings. The van der Waals surface area contributed by atoms with Crippen LogP contribution >= 0.6 is 24.0 Å². The van der Waals surface area contributed by atoms with Gasteiger partial charge in [-0.1, -0.05) is 41.9 Å². The van der Waals surface area contributed by atoms with Crippen LogP contribution in [0, 0.1) is 5.92 Å². The summed E-state index contributed by atoms with van der Waals surface area (Å²) in [4.78, 5) is 12.9. The molecule has 2 aromatic rings. The highest BCUT2D eigenvalue weighted by Gasteiger charge is 2.55. The minimum absolute atomic E-state index is 0. The molecule has 3 nitrogen and oxygen atoms in total. The number of amides is 1. The van der Waals surface area contributed by atoms with Gasteiger partial charge in [-0.2, -0.15) is 13.2 Å². The fraction of sp³-hybridized carbons (Fsp3) is 0.350. The number of alkyl halides is 3. The van der Waals surface area contributed by atoms with E-state index in [4.69, 9.17) is 11.6 Å². The summed E-state index contributed by atoms with van der Waals surface area (Å²) < 4.78 is 39.1. The van der Waals surface area contributed by atoms with Crippen LogP contribution in [0.1, 0.15) is 40.4 Å². The Labute approximate surface area is 172 Å². The quantitative estimate of drug-likeness (QED) is 0.715. The van der Waals surface area contributed by atoms with Crippen molar-refractivity contribution in [3.05, 3.63) is 70.2 Å². The summed E-state index contributed by atoms with van der Waals surface area (Å²) in [6, 6.07) is 11.9. The summed E-state index contributed by atoms with van der Waals surface area (Å²) in [6.07, 6.45) is -2.67. The SMILES string of the molecule is Cl.O=C(NC(c1ccccc1)C12CC(CN1)C2)c1cc(C(F)(F)F)ccc1Cl. The summed E-state index contributed by atoms with van der Waals surface area (Å²) in [5, 5.41) is 6.42. The summed E-state index contributed by atoms with van der Waals surface area (Å²) >= 11 is 6.03. The van der Waals surface area contributed by atoms with Gasteiger partial charge >= 0.3 is 6.18 Å². The average Bonchev–Trinajstić information content (AvgIpc) is 3.21. The zero-order valence-electron chi connectivity index (χ0n) is 14.7. The predicted octanol–water partition coefficient (Wildman–Crippen LogP) is 5.00. The Bertz CT molecular complexity index is 862. The number of hydrogen-bond acceptors (Lipinski definition) is 2. The smallest absolute Gasteiger partial charge is 0.343 e. The van der Waals surface area contributed by atoms with Crippen LogP contribution in [-0.2, 0) is 6.18 Å². The van der Waals surface area contributed by atoms with Gasteiger partial charge in [0.05, 0.1) is 22.2 Å². The van der Waals surface area contributed by atoms with Gasteiger partial charge in [-0.15, -0.1) is 12.4 Å². The normalized spacial score (nSPS) is 24.1. The van der Waals surface area contributed by atoms with Gasteiger partial charge in [0.15, 0.2) is 0 Å². The van der Waals surface area contributed by atoms with Gasteiger partial charge in [0.1, 0.15) is 0 Å². The second kappa shape index (κ2) is 7.58. The highest BCUT2D eigenvalue weighted by molar-refractivity contribution is 6.33. The molecule has 0 radical (unpaired) electrons. The van der Waals surface area contributed by atoms with Crippen molar-refractivity contribution in [2.45, 2.75) is 30.6 Å². The van der Waals surface area contributed by atoms with E-state index in [2.05, 4.69) is 10.6 Å². The van der Waals surface area contributed by atoms with Crippen molar-refractivity contribution >= 4 is 29.9 Å². The Hall–Kier alpha value is -1.76. The average molecular weight is 431 g/mol. The lowest BCUT2D eigenvalue weighted by Gasteiger charge is -2.44. The molecule has 0 aromatic heterocycles. The summed E-state index contributed by atoms with van der Waals surface area (Å²) in [5.74, 6) is -0.0169. The third-order valence-corrected chi connectivity index (χ3v) is 5.88. The van der Waals surface area contributed by atoms with Gasteiger partial charge in [-0.25, -0.2) is 0 Å². The summed E-state index contributed by atoms with van der Waals surface area (Å²) in [5.41, 5.74) is -0.399. The maximum Gasteiger partial charge on any atom is 0.416 e. The molecule has 150 valence electrons. The third-order valence-electron chi connectivity index (χ3n) is 5.55. The number of carbonyl (C=O) groups excluding carboxylic acids is 1. The molecule has 1 saturated carbocycles. The molecule has 28 heavy (non-hydrogen) atoms. The van der Waals surface area contributed by atoms with Gasteiger partial charge in [-0.3, -0.25) is 4.79 Å². The zero-order valence-corrected chi connectivity index (χ0v) is 16.3. The molecule has 2 aromatic carbocycles. The van der Waals surface area contributed by atoms with Crippen LogP contribution in [0.4, 0.5) is 13.2 Å². The van der Waals surface area contributed by atoms with Crippen molar-refractivity contribution in [1.82, 2.24) is 10.6 Å². The van der Waals surface area contributed by atoms with Crippen molar-refractivity contribution in [3.8, 4) is 0 Å². The van der Waals surface area contributed by atoms with Gasteiger partial charge in [0.25, 0.3) is 5.91 Å². The van der Waals surface area contributed by atoms with Crippen LogP contribution in [0.15, 0.2) is 48.5 Å². The molecule has 2 saturated heterocycles. The second-order valence-electron chi connectivity index (χ2n) is 7.32. The van der Waals surface area contributed by atoms with E-state index in [-0.39, 0.29) is 34.6 Å². The van der Waals surface area contributed by atoms with Crippen molar-refractivity contribution in [3.63, 3.8) is 0 Å². The molecule has 2 aliphatic heterocycles. The number of hydrogen-bond donors (Lipinski definition) is 2. The lowest BCUT2D eigenvalue weighted by atomic mass is 9.67. The Balaban J connectivity index is 0.00000225. The van der Waals surface area contributed by atoms with Crippen LogP contribution in [0.25, 0.3) is 0 Å². The van der Waals surface area contributed by atoms with E-state index in [0.29, 0.717) is 5.92 Å². The number of rotatable bonds is 4. The van der Waals surface area contributed by atoms with Gasteiger partial charge in [-0.05, 0) is 49.1 Å². The first kappa shape index (κ1) is 21.0. The van der Waals surface area contributed by atoms with Crippen LogP contribution in [0.3, 0.4) is 0 Å². The molecule has 1 unspecified atom stereocenters. The number of nitrogens with one attached hydrogen (secondary N) is 2. The molecule has 2 heterocycles. The Morgan fingerprint density at radius 1 is 1.18 bits per heavy atom. The first-order valence-corrected chi connectivity index (χ1v) is 9.14. The first-order valence-electron chi connectivity index (χ1n) is 8.76. The standard InChI is InChI=1S/C20H18ClF3N2O.ClH/c21-16-7-6-14(20(22,23)24)8-15(16)18(27)26-17(13-4-2-1-3-5-13)19-9-12(10-19)11-25-19;/h1-8,12,17,25H,9-11H2,(H,26,27);1H. The second-order valence-corrected chi connectivity index (χ2v) is 7.73. The molecule has 1 aliphatic carbocycles. The molecule has 2 N–H and O–H groups in total. The summed E-state index contributed by atoms with van der Waals surface area (Å²) in [6.45, 7) is 0.892. The molecule has 1 atom stereocenters. The van der Waals surface area contributed by atoms with E-state index in [1.54, 1.807) is 0 Å². The molecule has 0 spiro atoms. The molecular weight excluding hydrogens is 412 g/mol. The molecule has 1 amide bonds. The highest BCUT2D eigenvalue weighted by Crippen LogP contribution is 2.50. The van der Waals surface area contributed by atoms with E-state index in [9.17, 15) is 18.0 Å². The monoisotopic (exact) mass is 430 g/mol. The Morgan fingerprint density at radius 3 is 2.43 bits per heavy atom. The number of carbonyl (C=O) groups is 1. The number of fused-ring (bicyclic) bond motifs is 1. The van der Waals surface area contributed by atoms with E-state index in [1.807, 2.05) is 30.3 Å². The van der Waals surface area contributed by atoms with Crippen LogP contribution in [-0.4, -0.2) is 18.0 Å². The number of halogens is 5. The minimum Gasteiger partial charge on any atom is -0.343 e. The van der Waals surface area contributed by atoms with Crippen LogP contribution in [0.5, 0.6) is 0 Å². The summed E-state index contributed by atoms with van der Waals surface area (Å²) in [7, 11) is 0. The van der Waals surface area contributed by atoms with Crippen molar-refractivity contribution in [2.24, 2.45) is 5.92 Å². The fourth-order valence-corrected chi connectivity index (χ4v) is 4.42. The highest BCUT2D eigenvalue weighted by atomic mass is 35.5. The lowest BCUT2D eigenvalue weighted by Crippen LogP contribution is -2.54. The van der Waals surface area contributed by atoms with Crippen molar-refractivity contribution in [2.75, 3.05) is 6.54 Å². The fourth-order valence-electron chi connectivity index (χ4n) is 4.21. The van der Waals surface area contributed by atoms with E-state index in [1.165, 1.54) is 0 Å². The third kappa shape index (κ3) is 3.73. The van der Waals surface area contributed by atoms with Gasteiger partial charge in [0, 0.05) is 5.54 Å². The molecular formula is C20H19Cl2F3N2O. The van der Waals surface area contributed by atoms with Crippen molar-refractivity contribution in [1.29, 1.82) is 0 Å². The largest absolute Gasteiger partial charge is 0.416 e. The first-order chi connectivity index (χ1) is 12.8. The van der Waals surface area contributed by atoms with Crippen molar-refractivity contribution < 1.29 is 18.0 Å². The Morgan fingerprint density at radius 2 is 1.86 bits per heavy atom. The Kier molecular flexibility index (Phi) is 5.67. The van der Waals surface area contributed by atoms with Gasteiger partial charge in [0.2, 0.25) is 0 Å². The minimum atomic E-state index is -4.54. The van der Waals surface area contributed by atoms with E-state index in [0.717, 1.165) is 43.1 Å². The van der Waals surface area contributed by atoms with Crippen LogP contribution in [0.2, 0.25) is 5.02 Å². The predicted molar refractivity (Wildman–Crippen MR) is 104 cm³/mol. The van der Waals surface area contributed by atoms with E-state index >= 15 is 0 Å². The molecule has 3 aliphatic rings. The zero-order chi connectivity index (χ0) is 19.2. The number of benzene rings is 2. The maximum absolute atomic E-state index is 13.0.